The third kappa shape index (κ3) is 3.08. The Balaban J connectivity index is 1.88. The summed E-state index contributed by atoms with van der Waals surface area (Å²) in [6, 6.07) is 14.6. The van der Waals surface area contributed by atoms with Crippen LogP contribution in [-0.2, 0) is 5.75 Å². The molecule has 0 N–H and O–H groups in total. The number of thioether (sulfide) groups is 1. The summed E-state index contributed by atoms with van der Waals surface area (Å²) in [5.74, 6) is 0.855. The van der Waals surface area contributed by atoms with E-state index in [4.69, 9.17) is 4.98 Å². The predicted molar refractivity (Wildman–Crippen MR) is 89.8 cm³/mol. The summed E-state index contributed by atoms with van der Waals surface area (Å²) < 4.78 is 0. The van der Waals surface area contributed by atoms with E-state index in [1.54, 1.807) is 0 Å². The number of hydrogen-bond acceptors (Lipinski definition) is 3. The van der Waals surface area contributed by atoms with E-state index in [9.17, 15) is 0 Å². The van der Waals surface area contributed by atoms with Crippen molar-refractivity contribution in [3.63, 3.8) is 0 Å². The van der Waals surface area contributed by atoms with Gasteiger partial charge in [0, 0.05) is 10.6 Å². The first-order valence-electron chi connectivity index (χ1n) is 7.06. The fourth-order valence-corrected chi connectivity index (χ4v) is 3.40. The van der Waals surface area contributed by atoms with Gasteiger partial charge in [0.05, 0.1) is 22.4 Å². The molecule has 3 heteroatoms. The number of para-hydroxylation sites is 2. The van der Waals surface area contributed by atoms with Gasteiger partial charge in [-0.15, -0.1) is 11.8 Å². The van der Waals surface area contributed by atoms with Crippen LogP contribution in [0.3, 0.4) is 0 Å². The van der Waals surface area contributed by atoms with Crippen molar-refractivity contribution in [2.24, 2.45) is 0 Å². The van der Waals surface area contributed by atoms with Gasteiger partial charge < -0.3 is 0 Å². The van der Waals surface area contributed by atoms with Crippen LogP contribution in [-0.4, -0.2) is 9.97 Å². The Kier molecular flexibility index (Phi) is 3.93. The predicted octanol–water partition coefficient (Wildman–Crippen LogP) is 4.85. The van der Waals surface area contributed by atoms with Crippen LogP contribution < -0.4 is 0 Å². The van der Waals surface area contributed by atoms with Crippen LogP contribution in [0.1, 0.15) is 22.5 Å². The molecule has 0 saturated carbocycles. The summed E-state index contributed by atoms with van der Waals surface area (Å²) in [5.41, 5.74) is 6.64. The molecular formula is C18H18N2S. The van der Waals surface area contributed by atoms with Crippen LogP contribution in [0.15, 0.2) is 47.4 Å². The molecule has 0 saturated heterocycles. The van der Waals surface area contributed by atoms with Gasteiger partial charge in [-0.25, -0.2) is 9.97 Å². The lowest BCUT2D eigenvalue weighted by atomic mass is 10.2. The van der Waals surface area contributed by atoms with E-state index in [0.717, 1.165) is 28.2 Å². The zero-order valence-electron chi connectivity index (χ0n) is 12.6. The minimum Gasteiger partial charge on any atom is -0.250 e. The van der Waals surface area contributed by atoms with Gasteiger partial charge in [0.25, 0.3) is 0 Å². The maximum Gasteiger partial charge on any atom is 0.0890 e. The van der Waals surface area contributed by atoms with Crippen LogP contribution in [0, 0.1) is 20.8 Å². The Morgan fingerprint density at radius 3 is 2.38 bits per heavy atom. The highest BCUT2D eigenvalue weighted by molar-refractivity contribution is 7.98. The Morgan fingerprint density at radius 2 is 1.62 bits per heavy atom. The smallest absolute Gasteiger partial charge is 0.0890 e. The molecule has 0 bridgehead atoms. The van der Waals surface area contributed by atoms with Crippen LogP contribution >= 0.6 is 11.8 Å². The summed E-state index contributed by atoms with van der Waals surface area (Å²) in [7, 11) is 0. The van der Waals surface area contributed by atoms with Crippen LogP contribution in [0.2, 0.25) is 0 Å². The molecule has 0 aliphatic rings. The van der Waals surface area contributed by atoms with Gasteiger partial charge in [-0.3, -0.25) is 0 Å². The molecule has 0 amide bonds. The summed E-state index contributed by atoms with van der Waals surface area (Å²) >= 11 is 1.83. The summed E-state index contributed by atoms with van der Waals surface area (Å²) in [5, 5.41) is 0. The summed E-state index contributed by atoms with van der Waals surface area (Å²) in [6.07, 6.45) is 0. The number of fused-ring (bicyclic) bond motifs is 1. The zero-order chi connectivity index (χ0) is 14.8. The molecule has 0 radical (unpaired) electrons. The molecule has 2 nitrogen and oxygen atoms in total. The quantitative estimate of drug-likeness (QED) is 0.646. The second-order valence-electron chi connectivity index (χ2n) is 5.30. The Morgan fingerprint density at radius 1 is 0.905 bits per heavy atom. The highest BCUT2D eigenvalue weighted by Crippen LogP contribution is 2.27. The molecule has 1 heterocycles. The number of rotatable bonds is 3. The zero-order valence-corrected chi connectivity index (χ0v) is 13.4. The molecule has 3 aromatic rings. The number of nitrogens with zero attached hydrogens (tertiary/aromatic N) is 2. The first-order chi connectivity index (χ1) is 10.1. The lowest BCUT2D eigenvalue weighted by molar-refractivity contribution is 1.08. The molecule has 2 aromatic carbocycles. The molecule has 0 unspecified atom stereocenters. The molecule has 3 rings (SSSR count). The van der Waals surface area contributed by atoms with Gasteiger partial charge >= 0.3 is 0 Å². The van der Waals surface area contributed by atoms with Crippen LogP contribution in [0.4, 0.5) is 0 Å². The largest absolute Gasteiger partial charge is 0.250 e. The second kappa shape index (κ2) is 5.86. The van der Waals surface area contributed by atoms with Crippen molar-refractivity contribution >= 4 is 22.8 Å². The molecule has 0 atom stereocenters. The Hall–Kier alpha value is -1.87. The topological polar surface area (TPSA) is 25.8 Å². The highest BCUT2D eigenvalue weighted by Gasteiger charge is 2.07. The molecule has 106 valence electrons. The van der Waals surface area contributed by atoms with Crippen molar-refractivity contribution in [2.75, 3.05) is 0 Å². The number of aryl methyl sites for hydroxylation is 3. The Bertz CT molecular complexity index is 796. The molecule has 1 aromatic heterocycles. The fourth-order valence-electron chi connectivity index (χ4n) is 2.27. The monoisotopic (exact) mass is 294 g/mol. The Labute approximate surface area is 129 Å². The number of benzene rings is 2. The highest BCUT2D eigenvalue weighted by atomic mass is 32.2. The number of aromatic nitrogens is 2. The van der Waals surface area contributed by atoms with Gasteiger partial charge in [0.15, 0.2) is 0 Å². The molecule has 0 spiro atoms. The summed E-state index contributed by atoms with van der Waals surface area (Å²) in [6.45, 7) is 6.32. The van der Waals surface area contributed by atoms with Crippen molar-refractivity contribution < 1.29 is 0 Å². The van der Waals surface area contributed by atoms with Crippen molar-refractivity contribution in [3.8, 4) is 0 Å². The van der Waals surface area contributed by atoms with Gasteiger partial charge in [0.2, 0.25) is 0 Å². The lowest BCUT2D eigenvalue weighted by Crippen LogP contribution is -1.97. The SMILES string of the molecule is Cc1ccc(C)c(SCc2nc3ccccc3nc2C)c1. The van der Waals surface area contributed by atoms with Crippen LogP contribution in [0.25, 0.3) is 11.0 Å². The fraction of sp³-hybridized carbons (Fsp3) is 0.222. The van der Waals surface area contributed by atoms with E-state index in [1.165, 1.54) is 16.0 Å². The van der Waals surface area contributed by atoms with Crippen LogP contribution in [0.5, 0.6) is 0 Å². The molecule has 0 aliphatic carbocycles. The third-order valence-electron chi connectivity index (χ3n) is 3.55. The summed E-state index contributed by atoms with van der Waals surface area (Å²) in [4.78, 5) is 10.7. The van der Waals surface area contributed by atoms with Crippen molar-refractivity contribution in [1.29, 1.82) is 0 Å². The van der Waals surface area contributed by atoms with E-state index >= 15 is 0 Å². The minimum absolute atomic E-state index is 0.855. The van der Waals surface area contributed by atoms with Crippen molar-refractivity contribution in [1.82, 2.24) is 9.97 Å². The second-order valence-corrected chi connectivity index (χ2v) is 6.32. The lowest BCUT2D eigenvalue weighted by Gasteiger charge is -2.09. The normalized spacial score (nSPS) is 11.0. The van der Waals surface area contributed by atoms with E-state index in [-0.39, 0.29) is 0 Å². The van der Waals surface area contributed by atoms with Crippen molar-refractivity contribution in [2.45, 2.75) is 31.4 Å². The third-order valence-corrected chi connectivity index (χ3v) is 4.72. The molecule has 21 heavy (non-hydrogen) atoms. The first-order valence-corrected chi connectivity index (χ1v) is 8.04. The van der Waals surface area contributed by atoms with Gasteiger partial charge in [-0.1, -0.05) is 29.8 Å². The van der Waals surface area contributed by atoms with E-state index in [2.05, 4.69) is 37.0 Å². The standard InChI is InChI=1S/C18H18N2S/c1-12-8-9-13(2)18(10-12)21-11-17-14(3)19-15-6-4-5-7-16(15)20-17/h4-10H,11H2,1-3H3. The van der Waals surface area contributed by atoms with Gasteiger partial charge in [0.1, 0.15) is 0 Å². The van der Waals surface area contributed by atoms with Gasteiger partial charge in [-0.05, 0) is 44.5 Å². The molecule has 0 fully saturated rings. The first kappa shape index (κ1) is 14.1. The van der Waals surface area contributed by atoms with Gasteiger partial charge in [-0.2, -0.15) is 0 Å². The average molecular weight is 294 g/mol. The molecular weight excluding hydrogens is 276 g/mol. The van der Waals surface area contributed by atoms with E-state index < -0.39 is 0 Å². The molecule has 0 aliphatic heterocycles. The average Bonchev–Trinajstić information content (AvgIpc) is 2.48. The van der Waals surface area contributed by atoms with Crippen molar-refractivity contribution in [3.05, 3.63) is 65.0 Å². The van der Waals surface area contributed by atoms with E-state index in [1.807, 2.05) is 43.0 Å². The minimum atomic E-state index is 0.855. The number of hydrogen-bond donors (Lipinski definition) is 0. The maximum absolute atomic E-state index is 4.76. The maximum atomic E-state index is 4.76. The van der Waals surface area contributed by atoms with E-state index in [0.29, 0.717) is 0 Å².